The second-order valence-corrected chi connectivity index (χ2v) is 8.76. The van der Waals surface area contributed by atoms with Gasteiger partial charge in [-0.2, -0.15) is 0 Å². The summed E-state index contributed by atoms with van der Waals surface area (Å²) in [7, 11) is -3.74. The number of hydrogen-bond acceptors (Lipinski definition) is 4. The largest absolute Gasteiger partial charge is 0.348 e. The van der Waals surface area contributed by atoms with E-state index in [0.717, 1.165) is 18.4 Å². The number of rotatable bonds is 7. The van der Waals surface area contributed by atoms with Crippen molar-refractivity contribution in [2.45, 2.75) is 37.6 Å². The van der Waals surface area contributed by atoms with Crippen LogP contribution >= 0.6 is 0 Å². The molecule has 1 saturated carbocycles. The van der Waals surface area contributed by atoms with Gasteiger partial charge in [-0.1, -0.05) is 18.2 Å². The fourth-order valence-corrected chi connectivity index (χ4v) is 4.43. The highest BCUT2D eigenvalue weighted by Gasteiger charge is 2.31. The predicted molar refractivity (Wildman–Crippen MR) is 106 cm³/mol. The smallest absolute Gasteiger partial charge is 0.262 e. The summed E-state index contributed by atoms with van der Waals surface area (Å²) < 4.78 is 28.1. The van der Waals surface area contributed by atoms with Crippen LogP contribution in [-0.2, 0) is 10.0 Å². The maximum absolute atomic E-state index is 12.7. The average molecular weight is 388 g/mol. The fraction of sp³-hybridized carbons (Fsp3) is 0.350. The zero-order valence-corrected chi connectivity index (χ0v) is 16.3. The Bertz CT molecular complexity index is 953. The number of hydrogen-bond donors (Lipinski definition) is 3. The summed E-state index contributed by atoms with van der Waals surface area (Å²) in [5.74, 6) is 0.204. The van der Waals surface area contributed by atoms with Gasteiger partial charge >= 0.3 is 0 Å². The molecule has 0 heterocycles. The van der Waals surface area contributed by atoms with Gasteiger partial charge in [0, 0.05) is 23.8 Å². The van der Waals surface area contributed by atoms with E-state index in [4.69, 9.17) is 5.73 Å². The first-order chi connectivity index (χ1) is 12.8. The maximum atomic E-state index is 12.7. The molecule has 0 aromatic heterocycles. The Labute approximate surface area is 160 Å². The van der Waals surface area contributed by atoms with E-state index in [-0.39, 0.29) is 16.8 Å². The molecular weight excluding hydrogens is 362 g/mol. The summed E-state index contributed by atoms with van der Waals surface area (Å²) in [6.07, 6.45) is 2.16. The van der Waals surface area contributed by atoms with Gasteiger partial charge < -0.3 is 11.1 Å². The van der Waals surface area contributed by atoms with Gasteiger partial charge in [0.05, 0.1) is 4.90 Å². The number of aryl methyl sites for hydroxylation is 2. The van der Waals surface area contributed by atoms with E-state index in [9.17, 15) is 13.2 Å². The topological polar surface area (TPSA) is 101 Å². The SMILES string of the molecule is Cc1ccc(C)c(S(=O)(=O)Nc2cccc(C(=O)NC(CN)C3CC3)c2)c1. The molecule has 4 N–H and O–H groups in total. The molecule has 1 atom stereocenters. The van der Waals surface area contributed by atoms with Gasteiger partial charge in [0.15, 0.2) is 0 Å². The molecule has 0 bridgehead atoms. The first-order valence-electron chi connectivity index (χ1n) is 9.01. The zero-order chi connectivity index (χ0) is 19.6. The van der Waals surface area contributed by atoms with Gasteiger partial charge in [0.1, 0.15) is 0 Å². The number of carbonyl (C=O) groups is 1. The van der Waals surface area contributed by atoms with Crippen LogP contribution in [0.25, 0.3) is 0 Å². The van der Waals surface area contributed by atoms with Gasteiger partial charge in [0.2, 0.25) is 0 Å². The predicted octanol–water partition coefficient (Wildman–Crippen LogP) is 2.57. The lowest BCUT2D eigenvalue weighted by Gasteiger charge is -2.16. The monoisotopic (exact) mass is 387 g/mol. The van der Waals surface area contributed by atoms with Crippen LogP contribution in [0.2, 0.25) is 0 Å². The number of sulfonamides is 1. The van der Waals surface area contributed by atoms with Gasteiger partial charge in [-0.15, -0.1) is 0 Å². The first kappa shape index (κ1) is 19.4. The second kappa shape index (κ2) is 7.70. The summed E-state index contributed by atoms with van der Waals surface area (Å²) in [6.45, 7) is 4.00. The molecule has 1 unspecified atom stereocenters. The number of amides is 1. The molecule has 6 nitrogen and oxygen atoms in total. The number of anilines is 1. The van der Waals surface area contributed by atoms with E-state index in [0.29, 0.717) is 29.3 Å². The number of benzene rings is 2. The van der Waals surface area contributed by atoms with E-state index in [1.807, 2.05) is 13.0 Å². The van der Waals surface area contributed by atoms with Gasteiger partial charge in [-0.25, -0.2) is 8.42 Å². The molecule has 1 fully saturated rings. The van der Waals surface area contributed by atoms with Crippen molar-refractivity contribution >= 4 is 21.6 Å². The Morgan fingerprint density at radius 2 is 1.93 bits per heavy atom. The number of nitrogens with two attached hydrogens (primary N) is 1. The third-order valence-electron chi connectivity index (χ3n) is 4.77. The summed E-state index contributed by atoms with van der Waals surface area (Å²) >= 11 is 0. The summed E-state index contributed by atoms with van der Waals surface area (Å²) in [6, 6.07) is 11.7. The van der Waals surface area contributed by atoms with Crippen molar-refractivity contribution < 1.29 is 13.2 Å². The van der Waals surface area contributed by atoms with E-state index >= 15 is 0 Å². The van der Waals surface area contributed by atoms with Crippen LogP contribution in [0.5, 0.6) is 0 Å². The van der Waals surface area contributed by atoms with E-state index < -0.39 is 10.0 Å². The van der Waals surface area contributed by atoms with Crippen LogP contribution in [-0.4, -0.2) is 26.9 Å². The molecule has 1 aliphatic rings. The van der Waals surface area contributed by atoms with Gasteiger partial charge in [-0.05, 0) is 68.0 Å². The molecule has 0 radical (unpaired) electrons. The molecule has 27 heavy (non-hydrogen) atoms. The molecule has 2 aromatic rings. The lowest BCUT2D eigenvalue weighted by Crippen LogP contribution is -2.41. The van der Waals surface area contributed by atoms with Crippen LogP contribution < -0.4 is 15.8 Å². The van der Waals surface area contributed by atoms with Crippen LogP contribution in [0.4, 0.5) is 5.69 Å². The van der Waals surface area contributed by atoms with Crippen molar-refractivity contribution in [3.8, 4) is 0 Å². The number of nitrogens with one attached hydrogen (secondary N) is 2. The molecule has 2 aromatic carbocycles. The fourth-order valence-electron chi connectivity index (χ4n) is 3.05. The van der Waals surface area contributed by atoms with E-state index in [2.05, 4.69) is 10.0 Å². The lowest BCUT2D eigenvalue weighted by molar-refractivity contribution is 0.0933. The maximum Gasteiger partial charge on any atom is 0.262 e. The minimum atomic E-state index is -3.74. The molecule has 0 saturated heterocycles. The summed E-state index contributed by atoms with van der Waals surface area (Å²) in [5, 5.41) is 2.94. The molecule has 144 valence electrons. The van der Waals surface area contributed by atoms with Crippen LogP contribution in [0.15, 0.2) is 47.4 Å². The minimum absolute atomic E-state index is 0.0345. The molecule has 3 rings (SSSR count). The van der Waals surface area contributed by atoms with Crippen molar-refractivity contribution in [2.75, 3.05) is 11.3 Å². The van der Waals surface area contributed by atoms with Crippen LogP contribution in [0.1, 0.15) is 34.3 Å². The Morgan fingerprint density at radius 1 is 1.19 bits per heavy atom. The highest BCUT2D eigenvalue weighted by atomic mass is 32.2. The van der Waals surface area contributed by atoms with Crippen molar-refractivity contribution in [3.05, 3.63) is 59.2 Å². The second-order valence-electron chi connectivity index (χ2n) is 7.11. The number of carbonyl (C=O) groups excluding carboxylic acids is 1. The molecule has 0 spiro atoms. The Kier molecular flexibility index (Phi) is 5.53. The van der Waals surface area contributed by atoms with Crippen molar-refractivity contribution in [1.82, 2.24) is 5.32 Å². The zero-order valence-electron chi connectivity index (χ0n) is 15.5. The van der Waals surface area contributed by atoms with Crippen molar-refractivity contribution in [3.63, 3.8) is 0 Å². The average Bonchev–Trinajstić information content (AvgIpc) is 3.46. The third-order valence-corrected chi connectivity index (χ3v) is 6.29. The molecule has 0 aliphatic heterocycles. The highest BCUT2D eigenvalue weighted by Crippen LogP contribution is 2.32. The molecule has 1 amide bonds. The normalized spacial score (nSPS) is 15.2. The Balaban J connectivity index is 1.79. The van der Waals surface area contributed by atoms with Crippen molar-refractivity contribution in [1.29, 1.82) is 0 Å². The Morgan fingerprint density at radius 3 is 2.59 bits per heavy atom. The summed E-state index contributed by atoms with van der Waals surface area (Å²) in [4.78, 5) is 12.7. The molecule has 1 aliphatic carbocycles. The van der Waals surface area contributed by atoms with Gasteiger partial charge in [-0.3, -0.25) is 9.52 Å². The first-order valence-corrected chi connectivity index (χ1v) is 10.5. The summed E-state index contributed by atoms with van der Waals surface area (Å²) in [5.41, 5.74) is 8.01. The van der Waals surface area contributed by atoms with Crippen molar-refractivity contribution in [2.24, 2.45) is 11.7 Å². The van der Waals surface area contributed by atoms with E-state index in [1.54, 1.807) is 43.3 Å². The molecule has 7 heteroatoms. The Hall–Kier alpha value is -2.38. The third kappa shape index (κ3) is 4.67. The van der Waals surface area contributed by atoms with Crippen LogP contribution in [0, 0.1) is 19.8 Å². The van der Waals surface area contributed by atoms with Crippen LogP contribution in [0.3, 0.4) is 0 Å². The molecular formula is C20H25N3O3S. The van der Waals surface area contributed by atoms with Gasteiger partial charge in [0.25, 0.3) is 15.9 Å². The highest BCUT2D eigenvalue weighted by molar-refractivity contribution is 7.92. The van der Waals surface area contributed by atoms with E-state index in [1.165, 1.54) is 0 Å². The quantitative estimate of drug-likeness (QED) is 0.679. The standard InChI is InChI=1S/C20H25N3O3S/c1-13-6-7-14(2)19(10-13)27(25,26)23-17-5-3-4-16(11-17)20(24)22-18(12-21)15-8-9-15/h3-7,10-11,15,18,23H,8-9,12,21H2,1-2H3,(H,22,24). The minimum Gasteiger partial charge on any atom is -0.348 e. The lowest BCUT2D eigenvalue weighted by atomic mass is 10.1.